The van der Waals surface area contributed by atoms with Gasteiger partial charge in [0, 0.05) is 6.07 Å². The van der Waals surface area contributed by atoms with Gasteiger partial charge in [0.05, 0.1) is 25.9 Å². The molecule has 164 valence electrons. The summed E-state index contributed by atoms with van der Waals surface area (Å²) in [5.74, 6) is 0.143. The van der Waals surface area contributed by atoms with E-state index in [1.54, 1.807) is 36.5 Å². The summed E-state index contributed by atoms with van der Waals surface area (Å²) >= 11 is 0. The summed E-state index contributed by atoms with van der Waals surface area (Å²) in [5, 5.41) is 0. The number of hydrogen-bond acceptors (Lipinski definition) is 5. The van der Waals surface area contributed by atoms with E-state index in [1.165, 1.54) is 7.11 Å². The van der Waals surface area contributed by atoms with Crippen molar-refractivity contribution >= 4 is 11.9 Å². The average Bonchev–Trinajstić information content (AvgIpc) is 2.74. The number of aromatic nitrogens is 1. The van der Waals surface area contributed by atoms with E-state index in [0.717, 1.165) is 44.3 Å². The van der Waals surface area contributed by atoms with Gasteiger partial charge in [0.2, 0.25) is 0 Å². The summed E-state index contributed by atoms with van der Waals surface area (Å²) in [7, 11) is 3.24. The first-order valence-electron chi connectivity index (χ1n) is 10.0. The summed E-state index contributed by atoms with van der Waals surface area (Å²) < 4.78 is 17.5. The van der Waals surface area contributed by atoms with Crippen LogP contribution in [0.1, 0.15) is 59.2 Å². The van der Waals surface area contributed by atoms with E-state index >= 15 is 0 Å². The Kier molecular flexibility index (Phi) is 12.7. The van der Waals surface area contributed by atoms with Crippen molar-refractivity contribution < 1.29 is 52.3 Å². The maximum absolute atomic E-state index is 11.9. The van der Waals surface area contributed by atoms with Crippen molar-refractivity contribution in [1.82, 2.24) is 0 Å². The number of rotatable bonds is 12. The molecular formula is C23H30INO5. The summed E-state index contributed by atoms with van der Waals surface area (Å²) in [5.41, 5.74) is 1.10. The number of benzene rings is 1. The van der Waals surface area contributed by atoms with Gasteiger partial charge in [0.25, 0.3) is 0 Å². The molecule has 2 aromatic rings. The fourth-order valence-electron chi connectivity index (χ4n) is 2.86. The molecule has 0 saturated heterocycles. The van der Waals surface area contributed by atoms with Crippen LogP contribution in [0.15, 0.2) is 48.8 Å². The van der Waals surface area contributed by atoms with Crippen LogP contribution in [0, 0.1) is 0 Å². The number of unbranched alkanes of at least 4 members (excludes halogenated alkanes) is 5. The van der Waals surface area contributed by atoms with Crippen LogP contribution in [-0.4, -0.2) is 32.3 Å². The monoisotopic (exact) mass is 527 g/mol. The van der Waals surface area contributed by atoms with Gasteiger partial charge in [-0.1, -0.05) is 25.7 Å². The van der Waals surface area contributed by atoms with Crippen LogP contribution in [0.25, 0.3) is 0 Å². The highest BCUT2D eigenvalue weighted by Gasteiger charge is 2.10. The van der Waals surface area contributed by atoms with Gasteiger partial charge < -0.3 is 38.2 Å². The van der Waals surface area contributed by atoms with E-state index < -0.39 is 0 Å². The minimum absolute atomic E-state index is 0. The molecule has 0 fully saturated rings. The van der Waals surface area contributed by atoms with E-state index in [-0.39, 0.29) is 35.9 Å². The molecule has 2 rings (SSSR count). The predicted molar refractivity (Wildman–Crippen MR) is 109 cm³/mol. The lowest BCUT2D eigenvalue weighted by Gasteiger charge is -2.07. The zero-order valence-electron chi connectivity index (χ0n) is 17.6. The van der Waals surface area contributed by atoms with Crippen LogP contribution in [0.5, 0.6) is 5.75 Å². The highest BCUT2D eigenvalue weighted by molar-refractivity contribution is 5.89. The molecule has 0 unspecified atom stereocenters. The Balaban J connectivity index is 0.00000450. The van der Waals surface area contributed by atoms with Crippen molar-refractivity contribution in [2.45, 2.75) is 38.5 Å². The maximum Gasteiger partial charge on any atom is 0.344 e. The lowest BCUT2D eigenvalue weighted by molar-refractivity contribution is -0.671. The first kappa shape index (κ1) is 25.9. The van der Waals surface area contributed by atoms with Gasteiger partial charge >= 0.3 is 11.9 Å². The molecule has 1 aromatic carbocycles. The second-order valence-electron chi connectivity index (χ2n) is 6.88. The Labute approximate surface area is 195 Å². The van der Waals surface area contributed by atoms with E-state index in [0.29, 0.717) is 24.3 Å². The summed E-state index contributed by atoms with van der Waals surface area (Å²) in [6, 6.07) is 10.6. The van der Waals surface area contributed by atoms with Gasteiger partial charge in [-0.25, -0.2) is 14.2 Å². The third-order valence-corrected chi connectivity index (χ3v) is 4.49. The van der Waals surface area contributed by atoms with E-state index in [9.17, 15) is 9.59 Å². The van der Waals surface area contributed by atoms with Crippen molar-refractivity contribution in [3.8, 4) is 5.75 Å². The molecule has 1 aromatic heterocycles. The molecule has 0 radical (unpaired) electrons. The summed E-state index contributed by atoms with van der Waals surface area (Å²) in [6.07, 6.45) is 9.90. The molecule has 0 N–H and O–H groups in total. The van der Waals surface area contributed by atoms with E-state index in [1.807, 2.05) is 23.9 Å². The Bertz CT molecular complexity index is 779. The van der Waals surface area contributed by atoms with Crippen LogP contribution in [0.4, 0.5) is 0 Å². The number of ether oxygens (including phenoxy) is 3. The van der Waals surface area contributed by atoms with Crippen molar-refractivity contribution in [2.24, 2.45) is 7.05 Å². The molecule has 1 heterocycles. The van der Waals surface area contributed by atoms with Gasteiger partial charge in [-0.05, 0) is 43.2 Å². The zero-order valence-corrected chi connectivity index (χ0v) is 19.8. The number of nitrogens with zero attached hydrogens (tertiary/aromatic N) is 1. The largest absolute Gasteiger partial charge is 1.00 e. The fourth-order valence-corrected chi connectivity index (χ4v) is 2.86. The highest BCUT2D eigenvalue weighted by atomic mass is 127. The summed E-state index contributed by atoms with van der Waals surface area (Å²) in [6.45, 7) is 1.12. The van der Waals surface area contributed by atoms with Crippen molar-refractivity contribution in [3.05, 3.63) is 59.9 Å². The molecule has 0 bridgehead atoms. The summed E-state index contributed by atoms with van der Waals surface area (Å²) in [4.78, 5) is 23.3. The lowest BCUT2D eigenvalue weighted by atomic mass is 10.1. The molecule has 0 saturated carbocycles. The fraction of sp³-hybridized carbons (Fsp3) is 0.435. The van der Waals surface area contributed by atoms with E-state index in [2.05, 4.69) is 4.74 Å². The van der Waals surface area contributed by atoms with Crippen LogP contribution in [-0.2, 0) is 16.5 Å². The number of carbonyl (C=O) groups excluding carboxylic acids is 2. The number of esters is 2. The third kappa shape index (κ3) is 9.56. The Morgan fingerprint density at radius 2 is 1.47 bits per heavy atom. The molecule has 30 heavy (non-hydrogen) atoms. The molecule has 0 spiro atoms. The standard InChI is InChI=1S/C23H30NO5.HI/c1-24-15-9-10-20(18-24)23(26)29-17-8-6-4-3-5-7-16-28-21-13-11-19(12-14-21)22(25)27-2;/h9-15,18H,3-8,16-17H2,1-2H3;1H/q+1;/p-1. The molecule has 7 heteroatoms. The normalized spacial score (nSPS) is 10.1. The van der Waals surface area contributed by atoms with E-state index in [4.69, 9.17) is 9.47 Å². The molecule has 0 atom stereocenters. The van der Waals surface area contributed by atoms with Crippen LogP contribution < -0.4 is 33.3 Å². The first-order chi connectivity index (χ1) is 14.1. The quantitative estimate of drug-likeness (QED) is 0.178. The number of carbonyl (C=O) groups is 2. The third-order valence-electron chi connectivity index (χ3n) is 4.49. The Morgan fingerprint density at radius 1 is 0.833 bits per heavy atom. The molecular weight excluding hydrogens is 497 g/mol. The van der Waals surface area contributed by atoms with Gasteiger partial charge in [0.1, 0.15) is 18.4 Å². The molecule has 6 nitrogen and oxygen atoms in total. The zero-order chi connectivity index (χ0) is 20.9. The highest BCUT2D eigenvalue weighted by Crippen LogP contribution is 2.14. The van der Waals surface area contributed by atoms with Crippen molar-refractivity contribution in [3.63, 3.8) is 0 Å². The van der Waals surface area contributed by atoms with Crippen LogP contribution in [0.3, 0.4) is 0 Å². The second-order valence-corrected chi connectivity index (χ2v) is 6.88. The molecule has 0 aliphatic heterocycles. The number of hydrogen-bond donors (Lipinski definition) is 0. The average molecular weight is 527 g/mol. The minimum Gasteiger partial charge on any atom is -1.00 e. The predicted octanol–water partition coefficient (Wildman–Crippen LogP) is 0.878. The smallest absolute Gasteiger partial charge is 0.344 e. The van der Waals surface area contributed by atoms with Gasteiger partial charge in [-0.3, -0.25) is 0 Å². The number of aryl methyl sites for hydroxylation is 1. The van der Waals surface area contributed by atoms with Gasteiger partial charge in [-0.15, -0.1) is 0 Å². The SMILES string of the molecule is COC(=O)c1ccc(OCCCCCCCCOC(=O)c2ccc[n+](C)c2)cc1.[I-]. The van der Waals surface area contributed by atoms with Crippen molar-refractivity contribution in [2.75, 3.05) is 20.3 Å². The van der Waals surface area contributed by atoms with Crippen LogP contribution >= 0.6 is 0 Å². The molecule has 0 aliphatic carbocycles. The van der Waals surface area contributed by atoms with Crippen LogP contribution in [0.2, 0.25) is 0 Å². The minimum atomic E-state index is -0.347. The lowest BCUT2D eigenvalue weighted by Crippen LogP contribution is -3.00. The maximum atomic E-state index is 11.9. The topological polar surface area (TPSA) is 65.7 Å². The number of pyridine rings is 1. The molecule has 0 aliphatic rings. The van der Waals surface area contributed by atoms with Crippen molar-refractivity contribution in [1.29, 1.82) is 0 Å². The van der Waals surface area contributed by atoms with Gasteiger partial charge in [0.15, 0.2) is 12.4 Å². The molecule has 0 amide bonds. The number of halogens is 1. The Morgan fingerprint density at radius 3 is 2.10 bits per heavy atom. The van der Waals surface area contributed by atoms with Gasteiger partial charge in [-0.2, -0.15) is 0 Å². The number of methoxy groups -OCH3 is 1. The second kappa shape index (κ2) is 14.8. The Hall–Kier alpha value is -2.16. The first-order valence-corrected chi connectivity index (χ1v) is 10.0.